The molecule has 3 heterocycles. The van der Waals surface area contributed by atoms with E-state index in [4.69, 9.17) is 37.9 Å². The number of carbonyl (C=O) groups is 3. The normalized spacial score (nSPS) is 26.8. The number of hydrogen-bond donors (Lipinski definition) is 10. The van der Waals surface area contributed by atoms with Gasteiger partial charge in [-0.25, -0.2) is 4.79 Å². The number of carboxylic acids is 1. The van der Waals surface area contributed by atoms with Crippen molar-refractivity contribution in [3.05, 3.63) is 82.5 Å². The standard InChI is InChI=1S/C39H38O21/c40-14-23-29(49)32(52)36(58-26(47)10-3-16-1-6-18(41)7-2-16)38(56-23)60-37-33(53)30(50)24(15-54-27(48)13-25(45)46)57-39(37)59-35-31(51)28-21(44)11-20(43)12-22(28)55-34(35)17-4-8-19(42)9-5-17/h1-12,23-24,29-30,32-33,36-44,49-50,52-53H,13-15H2,(H,45,46)/b10-3+/t23-,24-,29-,30-,32+,33+,36-,37-,38+,39+/m1/s1. The van der Waals surface area contributed by atoms with Crippen LogP contribution in [0, 0.1) is 0 Å². The van der Waals surface area contributed by atoms with Gasteiger partial charge >= 0.3 is 17.9 Å². The first-order valence-electron chi connectivity index (χ1n) is 17.9. The first kappa shape index (κ1) is 43.3. The minimum Gasteiger partial charge on any atom is -0.508 e. The highest BCUT2D eigenvalue weighted by atomic mass is 16.8. The van der Waals surface area contributed by atoms with E-state index in [-0.39, 0.29) is 22.6 Å². The average Bonchev–Trinajstić information content (AvgIpc) is 3.20. The van der Waals surface area contributed by atoms with E-state index < -0.39 is 133 Å². The first-order chi connectivity index (χ1) is 28.5. The van der Waals surface area contributed by atoms with Crippen LogP contribution in [0.15, 0.2) is 76.0 Å². The molecule has 2 fully saturated rings. The Morgan fingerprint density at radius 2 is 1.37 bits per heavy atom. The summed E-state index contributed by atoms with van der Waals surface area (Å²) in [6.45, 7) is -1.83. The summed E-state index contributed by atoms with van der Waals surface area (Å²) in [7, 11) is 0. The summed E-state index contributed by atoms with van der Waals surface area (Å²) in [5.41, 5.74) is -0.952. The van der Waals surface area contributed by atoms with E-state index in [1.807, 2.05) is 0 Å². The molecule has 0 spiro atoms. The Morgan fingerprint density at radius 1 is 0.750 bits per heavy atom. The number of benzene rings is 3. The number of phenolic OH excluding ortho intramolecular Hbond substituents is 4. The summed E-state index contributed by atoms with van der Waals surface area (Å²) in [5.74, 6) is -6.64. The highest BCUT2D eigenvalue weighted by Crippen LogP contribution is 2.39. The molecule has 4 aromatic rings. The van der Waals surface area contributed by atoms with Crippen molar-refractivity contribution in [2.75, 3.05) is 13.2 Å². The molecule has 3 aromatic carbocycles. The van der Waals surface area contributed by atoms with Crippen molar-refractivity contribution in [1.82, 2.24) is 0 Å². The van der Waals surface area contributed by atoms with Gasteiger partial charge in [-0.2, -0.15) is 0 Å². The quantitative estimate of drug-likeness (QED) is 0.0464. The molecule has 10 atom stereocenters. The van der Waals surface area contributed by atoms with Crippen LogP contribution in [0.25, 0.3) is 28.4 Å². The fourth-order valence-electron chi connectivity index (χ4n) is 6.30. The third kappa shape index (κ3) is 9.59. The lowest BCUT2D eigenvalue weighted by Gasteiger charge is -2.46. The largest absolute Gasteiger partial charge is 0.508 e. The van der Waals surface area contributed by atoms with E-state index in [0.29, 0.717) is 5.56 Å². The average molecular weight is 843 g/mol. The van der Waals surface area contributed by atoms with Gasteiger partial charge in [-0.05, 0) is 48.0 Å². The van der Waals surface area contributed by atoms with Crippen molar-refractivity contribution in [2.24, 2.45) is 0 Å². The zero-order chi connectivity index (χ0) is 43.4. The molecular weight excluding hydrogens is 804 g/mol. The predicted molar refractivity (Wildman–Crippen MR) is 197 cm³/mol. The van der Waals surface area contributed by atoms with Gasteiger partial charge in [0.2, 0.25) is 17.5 Å². The number of carboxylic acid groups (broad SMARTS) is 1. The fraction of sp³-hybridized carbons (Fsp3) is 0.333. The molecule has 1 aromatic heterocycles. The number of esters is 2. The van der Waals surface area contributed by atoms with E-state index >= 15 is 0 Å². The van der Waals surface area contributed by atoms with Gasteiger partial charge in [0.15, 0.2) is 24.3 Å². The van der Waals surface area contributed by atoms with Crippen LogP contribution >= 0.6 is 0 Å². The van der Waals surface area contributed by atoms with Crippen LogP contribution in [0.1, 0.15) is 12.0 Å². The van der Waals surface area contributed by atoms with Crippen molar-refractivity contribution in [2.45, 2.75) is 67.8 Å². The lowest BCUT2D eigenvalue weighted by atomic mass is 9.97. The maximum absolute atomic E-state index is 14.2. The minimum absolute atomic E-state index is 0.0482. The third-order valence-corrected chi connectivity index (χ3v) is 9.30. The molecule has 320 valence electrons. The molecule has 0 saturated carbocycles. The number of fused-ring (bicyclic) bond motifs is 1. The fourth-order valence-corrected chi connectivity index (χ4v) is 6.30. The summed E-state index contributed by atoms with van der Waals surface area (Å²) in [6, 6.07) is 12.5. The first-order valence-corrected chi connectivity index (χ1v) is 17.9. The lowest BCUT2D eigenvalue weighted by molar-refractivity contribution is -0.358. The van der Waals surface area contributed by atoms with E-state index in [2.05, 4.69) is 0 Å². The van der Waals surface area contributed by atoms with Crippen LogP contribution in [0.5, 0.6) is 28.7 Å². The van der Waals surface area contributed by atoms with Crippen molar-refractivity contribution >= 4 is 35.0 Å². The summed E-state index contributed by atoms with van der Waals surface area (Å²) < 4.78 is 39.7. The van der Waals surface area contributed by atoms with Crippen molar-refractivity contribution < 1.29 is 98.3 Å². The molecule has 2 aliphatic heterocycles. The maximum atomic E-state index is 14.2. The number of aromatic hydroxyl groups is 4. The lowest BCUT2D eigenvalue weighted by Crippen LogP contribution is -2.65. The Bertz CT molecular complexity index is 2270. The molecule has 0 bridgehead atoms. The highest BCUT2D eigenvalue weighted by Gasteiger charge is 2.53. The number of phenols is 4. The Labute approximate surface area is 336 Å². The number of ether oxygens (including phenoxy) is 6. The zero-order valence-corrected chi connectivity index (χ0v) is 30.8. The van der Waals surface area contributed by atoms with Crippen molar-refractivity contribution in [1.29, 1.82) is 0 Å². The van der Waals surface area contributed by atoms with Gasteiger partial charge in [-0.3, -0.25) is 14.4 Å². The van der Waals surface area contributed by atoms with E-state index in [0.717, 1.165) is 18.2 Å². The Balaban J connectivity index is 1.40. The van der Waals surface area contributed by atoms with Gasteiger partial charge in [0.05, 0.1) is 6.61 Å². The smallest absolute Gasteiger partial charge is 0.331 e. The Hall–Kier alpha value is -6.30. The third-order valence-electron chi connectivity index (χ3n) is 9.30. The van der Waals surface area contributed by atoms with Crippen LogP contribution in [-0.4, -0.2) is 144 Å². The summed E-state index contributed by atoms with van der Waals surface area (Å²) in [4.78, 5) is 50.3. The molecule has 0 aliphatic carbocycles. The maximum Gasteiger partial charge on any atom is 0.331 e. The molecule has 6 rings (SSSR count). The second kappa shape index (κ2) is 18.3. The molecule has 0 amide bonds. The number of carbonyl (C=O) groups excluding carboxylic acids is 2. The molecule has 0 radical (unpaired) electrons. The van der Waals surface area contributed by atoms with Crippen molar-refractivity contribution in [3.8, 4) is 40.1 Å². The number of aliphatic carboxylic acids is 1. The topological polar surface area (TPSA) is 339 Å². The second-order valence-electron chi connectivity index (χ2n) is 13.5. The molecule has 21 nitrogen and oxygen atoms in total. The Kier molecular flexibility index (Phi) is 13.2. The Morgan fingerprint density at radius 3 is 2.02 bits per heavy atom. The molecular formula is C39H38O21. The molecule has 0 unspecified atom stereocenters. The summed E-state index contributed by atoms with van der Waals surface area (Å²) in [5, 5.41) is 103. The highest BCUT2D eigenvalue weighted by molar-refractivity contribution is 5.90. The molecule has 21 heteroatoms. The van der Waals surface area contributed by atoms with Crippen LogP contribution in [0.4, 0.5) is 0 Å². The van der Waals surface area contributed by atoms with Gasteiger partial charge in [0.1, 0.15) is 83.6 Å². The SMILES string of the molecule is O=C(O)CC(=O)OC[C@H]1O[C@@H](Oc2c(-c3ccc(O)cc3)oc3cc(O)cc(O)c3c2=O)[C@H](O[C@@H]2O[C@H](CO)[C@@H](O)[C@H](O)[C@H]2OC(=O)/C=C/c2ccc(O)cc2)[C@@H](O)[C@@H]1O. The molecule has 60 heavy (non-hydrogen) atoms. The number of rotatable bonds is 13. The van der Waals surface area contributed by atoms with E-state index in [1.165, 1.54) is 54.6 Å². The predicted octanol–water partition coefficient (Wildman–Crippen LogP) is -0.425. The number of hydrogen-bond acceptors (Lipinski definition) is 20. The van der Waals surface area contributed by atoms with E-state index in [9.17, 15) is 65.1 Å². The van der Waals surface area contributed by atoms with Gasteiger partial charge < -0.3 is 83.9 Å². The number of aliphatic hydroxyl groups excluding tert-OH is 5. The van der Waals surface area contributed by atoms with Gasteiger partial charge in [0, 0.05) is 23.8 Å². The molecule has 10 N–H and O–H groups in total. The monoisotopic (exact) mass is 842 g/mol. The molecule has 2 aliphatic rings. The van der Waals surface area contributed by atoms with Gasteiger partial charge in [-0.15, -0.1) is 0 Å². The second-order valence-corrected chi connectivity index (χ2v) is 13.5. The van der Waals surface area contributed by atoms with E-state index in [1.54, 1.807) is 0 Å². The summed E-state index contributed by atoms with van der Waals surface area (Å²) in [6.07, 6.45) is -18.6. The number of aliphatic hydroxyl groups is 5. The van der Waals surface area contributed by atoms with Crippen molar-refractivity contribution in [3.63, 3.8) is 0 Å². The van der Waals surface area contributed by atoms with Crippen LogP contribution in [-0.2, 0) is 38.1 Å². The van der Waals surface area contributed by atoms with Gasteiger partial charge in [0.25, 0.3) is 0 Å². The van der Waals surface area contributed by atoms with Gasteiger partial charge in [-0.1, -0.05) is 12.1 Å². The van der Waals surface area contributed by atoms with Crippen LogP contribution in [0.2, 0.25) is 0 Å². The van der Waals surface area contributed by atoms with Crippen LogP contribution in [0.3, 0.4) is 0 Å². The van der Waals surface area contributed by atoms with Crippen LogP contribution < -0.4 is 10.2 Å². The summed E-state index contributed by atoms with van der Waals surface area (Å²) >= 11 is 0. The molecule has 2 saturated heterocycles. The minimum atomic E-state index is -2.19. The zero-order valence-electron chi connectivity index (χ0n) is 30.8.